The smallest absolute Gasteiger partial charge is 0.251 e. The molecule has 1 N–H and O–H groups in total. The number of anilines is 1. The number of carbonyl (C=O) groups excluding carboxylic acids is 2. The zero-order chi connectivity index (χ0) is 17.6. The van der Waals surface area contributed by atoms with Gasteiger partial charge in [0.15, 0.2) is 0 Å². The van der Waals surface area contributed by atoms with E-state index in [-0.39, 0.29) is 17.9 Å². The third-order valence-corrected chi connectivity index (χ3v) is 4.89. The fourth-order valence-electron chi connectivity index (χ4n) is 3.22. The first-order chi connectivity index (χ1) is 12.1. The van der Waals surface area contributed by atoms with Gasteiger partial charge < -0.3 is 15.0 Å². The van der Waals surface area contributed by atoms with E-state index < -0.39 is 0 Å². The van der Waals surface area contributed by atoms with Crippen molar-refractivity contribution < 1.29 is 14.3 Å². The lowest BCUT2D eigenvalue weighted by Crippen LogP contribution is -2.51. The Morgan fingerprint density at radius 2 is 2.04 bits per heavy atom. The van der Waals surface area contributed by atoms with Crippen LogP contribution < -0.4 is 5.32 Å². The van der Waals surface area contributed by atoms with Crippen LogP contribution in [-0.2, 0) is 14.3 Å². The second-order valence-corrected chi connectivity index (χ2v) is 6.91. The van der Waals surface area contributed by atoms with Crippen molar-refractivity contribution in [3.8, 4) is 0 Å². The number of benzene rings is 1. The fraction of sp³-hybridized carbons (Fsp3) is 0.556. The summed E-state index contributed by atoms with van der Waals surface area (Å²) < 4.78 is 5.47. The Balaban J connectivity index is 1.37. The quantitative estimate of drug-likeness (QED) is 0.866. The van der Waals surface area contributed by atoms with Crippen molar-refractivity contribution in [2.75, 3.05) is 44.6 Å². The Morgan fingerprint density at radius 3 is 2.72 bits per heavy atom. The molecular weight excluding hydrogens is 342 g/mol. The number of rotatable bonds is 5. The molecule has 0 radical (unpaired) electrons. The largest absolute Gasteiger partial charge is 0.368 e. The van der Waals surface area contributed by atoms with E-state index in [4.69, 9.17) is 16.3 Å². The van der Waals surface area contributed by atoms with Gasteiger partial charge in [0.1, 0.15) is 6.10 Å². The van der Waals surface area contributed by atoms with Gasteiger partial charge in [0.25, 0.3) is 5.91 Å². The van der Waals surface area contributed by atoms with Crippen LogP contribution in [0.15, 0.2) is 24.3 Å². The Hall–Kier alpha value is -1.63. The van der Waals surface area contributed by atoms with Crippen LogP contribution in [0.5, 0.6) is 0 Å². The van der Waals surface area contributed by atoms with Gasteiger partial charge in [-0.3, -0.25) is 14.5 Å². The third kappa shape index (κ3) is 5.17. The Morgan fingerprint density at radius 1 is 1.24 bits per heavy atom. The van der Waals surface area contributed by atoms with Gasteiger partial charge >= 0.3 is 0 Å². The topological polar surface area (TPSA) is 61.9 Å². The molecule has 6 nitrogen and oxygen atoms in total. The van der Waals surface area contributed by atoms with Crippen molar-refractivity contribution >= 4 is 29.1 Å². The predicted molar refractivity (Wildman–Crippen MR) is 96.7 cm³/mol. The number of hydrogen-bond donors (Lipinski definition) is 1. The van der Waals surface area contributed by atoms with Gasteiger partial charge in [0.05, 0.1) is 0 Å². The van der Waals surface area contributed by atoms with Gasteiger partial charge in [-0.1, -0.05) is 17.7 Å². The average Bonchev–Trinajstić information content (AvgIpc) is 3.14. The SMILES string of the molecule is O=C(CCN1CCN(C(=O)C2CCCO2)CC1)Nc1cccc(Cl)c1. The number of nitrogens with one attached hydrogen (secondary N) is 1. The molecule has 0 spiro atoms. The van der Waals surface area contributed by atoms with Crippen molar-refractivity contribution in [1.82, 2.24) is 9.80 Å². The van der Waals surface area contributed by atoms with E-state index in [1.54, 1.807) is 12.1 Å². The summed E-state index contributed by atoms with van der Waals surface area (Å²) in [4.78, 5) is 28.5. The summed E-state index contributed by atoms with van der Waals surface area (Å²) in [5, 5.41) is 3.46. The molecule has 0 aromatic heterocycles. The van der Waals surface area contributed by atoms with Crippen LogP contribution in [0, 0.1) is 0 Å². The molecule has 7 heteroatoms. The predicted octanol–water partition coefficient (Wildman–Crippen LogP) is 1.99. The molecule has 1 aromatic rings. The van der Waals surface area contributed by atoms with Crippen molar-refractivity contribution in [2.45, 2.75) is 25.4 Å². The zero-order valence-electron chi connectivity index (χ0n) is 14.2. The summed E-state index contributed by atoms with van der Waals surface area (Å²) in [6.45, 7) is 4.38. The molecule has 0 aliphatic carbocycles. The average molecular weight is 366 g/mol. The summed E-state index contributed by atoms with van der Waals surface area (Å²) >= 11 is 5.91. The van der Waals surface area contributed by atoms with Crippen molar-refractivity contribution in [1.29, 1.82) is 0 Å². The Kier molecular flexibility index (Phi) is 6.29. The highest BCUT2D eigenvalue weighted by Crippen LogP contribution is 2.17. The highest BCUT2D eigenvalue weighted by atomic mass is 35.5. The minimum absolute atomic E-state index is 0.0277. The molecule has 2 amide bonds. The number of hydrogen-bond acceptors (Lipinski definition) is 4. The molecule has 2 aliphatic rings. The minimum Gasteiger partial charge on any atom is -0.368 e. The van der Waals surface area contributed by atoms with Gasteiger partial charge in [-0.05, 0) is 31.0 Å². The molecule has 0 bridgehead atoms. The lowest BCUT2D eigenvalue weighted by Gasteiger charge is -2.35. The van der Waals surface area contributed by atoms with Crippen LogP contribution in [0.1, 0.15) is 19.3 Å². The number of carbonyl (C=O) groups is 2. The van der Waals surface area contributed by atoms with Crippen molar-refractivity contribution in [2.24, 2.45) is 0 Å². The number of nitrogens with zero attached hydrogens (tertiary/aromatic N) is 2. The van der Waals surface area contributed by atoms with Gasteiger partial charge in [-0.2, -0.15) is 0 Å². The van der Waals surface area contributed by atoms with Gasteiger partial charge in [0, 0.05) is 56.5 Å². The summed E-state index contributed by atoms with van der Waals surface area (Å²) in [5.74, 6) is 0.0935. The monoisotopic (exact) mass is 365 g/mol. The van der Waals surface area contributed by atoms with E-state index in [0.717, 1.165) is 25.9 Å². The maximum Gasteiger partial charge on any atom is 0.251 e. The Bertz CT molecular complexity index is 611. The first-order valence-electron chi connectivity index (χ1n) is 8.80. The molecule has 25 heavy (non-hydrogen) atoms. The first-order valence-corrected chi connectivity index (χ1v) is 9.18. The Labute approximate surface area is 153 Å². The maximum absolute atomic E-state index is 12.3. The number of piperazine rings is 1. The third-order valence-electron chi connectivity index (χ3n) is 4.65. The molecule has 1 unspecified atom stereocenters. The second kappa shape index (κ2) is 8.65. The number of ether oxygens (including phenoxy) is 1. The molecule has 136 valence electrons. The van der Waals surface area contributed by atoms with Gasteiger partial charge in [-0.15, -0.1) is 0 Å². The highest BCUT2D eigenvalue weighted by molar-refractivity contribution is 6.30. The lowest BCUT2D eigenvalue weighted by molar-refractivity contribution is -0.142. The molecule has 1 atom stereocenters. The molecule has 1 aromatic carbocycles. The van der Waals surface area contributed by atoms with Crippen molar-refractivity contribution in [3.05, 3.63) is 29.3 Å². The van der Waals surface area contributed by atoms with Crippen molar-refractivity contribution in [3.63, 3.8) is 0 Å². The van der Waals surface area contributed by atoms with E-state index >= 15 is 0 Å². The van der Waals surface area contributed by atoms with Crippen LogP contribution in [0.3, 0.4) is 0 Å². The lowest BCUT2D eigenvalue weighted by atomic mass is 10.2. The molecule has 2 aliphatic heterocycles. The van der Waals surface area contributed by atoms with E-state index in [1.165, 1.54) is 0 Å². The highest BCUT2D eigenvalue weighted by Gasteiger charge is 2.30. The fourth-order valence-corrected chi connectivity index (χ4v) is 3.41. The van der Waals surface area contributed by atoms with Gasteiger partial charge in [-0.25, -0.2) is 0 Å². The molecular formula is C18H24ClN3O3. The first kappa shape index (κ1) is 18.2. The van der Waals surface area contributed by atoms with E-state index in [0.29, 0.717) is 43.4 Å². The summed E-state index contributed by atoms with van der Waals surface area (Å²) in [5.41, 5.74) is 0.712. The van der Waals surface area contributed by atoms with E-state index in [9.17, 15) is 9.59 Å². The van der Waals surface area contributed by atoms with E-state index in [1.807, 2.05) is 17.0 Å². The second-order valence-electron chi connectivity index (χ2n) is 6.48. The molecule has 0 saturated carbocycles. The van der Waals surface area contributed by atoms with Crippen LogP contribution in [0.2, 0.25) is 5.02 Å². The molecule has 3 rings (SSSR count). The van der Waals surface area contributed by atoms with E-state index in [2.05, 4.69) is 10.2 Å². The minimum atomic E-state index is -0.241. The molecule has 2 fully saturated rings. The van der Waals surface area contributed by atoms with Gasteiger partial charge in [0.2, 0.25) is 5.91 Å². The number of amides is 2. The van der Waals surface area contributed by atoms with Crippen LogP contribution in [0.25, 0.3) is 0 Å². The summed E-state index contributed by atoms with van der Waals surface area (Å²) in [6, 6.07) is 7.13. The van der Waals surface area contributed by atoms with Crippen LogP contribution in [-0.4, -0.2) is 67.0 Å². The summed E-state index contributed by atoms with van der Waals surface area (Å²) in [7, 11) is 0. The number of halogens is 1. The standard InChI is InChI=1S/C18H24ClN3O3/c19-14-3-1-4-15(13-14)20-17(23)6-7-21-8-10-22(11-9-21)18(24)16-5-2-12-25-16/h1,3-4,13,16H,2,5-12H2,(H,20,23). The maximum atomic E-state index is 12.3. The molecule has 2 heterocycles. The summed E-state index contributed by atoms with van der Waals surface area (Å²) in [6.07, 6.45) is 1.99. The molecule has 2 saturated heterocycles. The normalized spacial score (nSPS) is 21.3. The zero-order valence-corrected chi connectivity index (χ0v) is 15.0. The van der Waals surface area contributed by atoms with Crippen LogP contribution in [0.4, 0.5) is 5.69 Å². The van der Waals surface area contributed by atoms with Crippen LogP contribution >= 0.6 is 11.6 Å².